The van der Waals surface area contributed by atoms with Gasteiger partial charge in [0.1, 0.15) is 11.8 Å². The maximum Gasteiger partial charge on any atom is 0.246 e. The molecule has 0 fully saturated rings. The predicted octanol–water partition coefficient (Wildman–Crippen LogP) is 5.09. The minimum atomic E-state index is -0.558. The molecule has 1 aliphatic rings. The summed E-state index contributed by atoms with van der Waals surface area (Å²) < 4.78 is 0. The number of aromatic hydroxyl groups is 1. The highest BCUT2D eigenvalue weighted by Crippen LogP contribution is 2.37. The molecule has 0 saturated heterocycles. The minimum absolute atomic E-state index is 0.111. The van der Waals surface area contributed by atoms with Crippen molar-refractivity contribution >= 4 is 17.3 Å². The molecule has 5 rings (SSSR count). The number of amides is 1. The van der Waals surface area contributed by atoms with Crippen LogP contribution >= 0.6 is 0 Å². The summed E-state index contributed by atoms with van der Waals surface area (Å²) in [5, 5.41) is 19.5. The number of anilines is 1. The second-order valence-electron chi connectivity index (χ2n) is 8.25. The van der Waals surface area contributed by atoms with Gasteiger partial charge in [-0.15, -0.1) is 0 Å². The van der Waals surface area contributed by atoms with Crippen LogP contribution in [0.25, 0.3) is 0 Å². The Labute approximate surface area is 199 Å². The number of phenols is 1. The number of nitrogens with zero attached hydrogens (tertiary/aromatic N) is 2. The van der Waals surface area contributed by atoms with Crippen molar-refractivity contribution < 1.29 is 9.90 Å². The van der Waals surface area contributed by atoms with Crippen LogP contribution in [0.3, 0.4) is 0 Å². The molecule has 168 valence electrons. The summed E-state index contributed by atoms with van der Waals surface area (Å²) in [4.78, 5) is 13.8. The molecule has 4 aromatic carbocycles. The smallest absolute Gasteiger partial charge is 0.246 e. The number of carbonyl (C=O) groups is 1. The van der Waals surface area contributed by atoms with E-state index in [1.807, 2.05) is 83.9 Å². The molecule has 1 heterocycles. The van der Waals surface area contributed by atoms with Gasteiger partial charge in [0.2, 0.25) is 5.91 Å². The Balaban J connectivity index is 1.55. The van der Waals surface area contributed by atoms with E-state index in [1.54, 1.807) is 24.3 Å². The van der Waals surface area contributed by atoms with E-state index in [0.717, 1.165) is 28.1 Å². The summed E-state index contributed by atoms with van der Waals surface area (Å²) >= 11 is 0. The fourth-order valence-corrected chi connectivity index (χ4v) is 4.35. The van der Waals surface area contributed by atoms with Crippen LogP contribution in [0.2, 0.25) is 0 Å². The van der Waals surface area contributed by atoms with Gasteiger partial charge in [-0.25, -0.2) is 0 Å². The molecule has 0 bridgehead atoms. The van der Waals surface area contributed by atoms with Crippen LogP contribution in [0.5, 0.6) is 5.75 Å². The van der Waals surface area contributed by atoms with Crippen molar-refractivity contribution in [3.05, 3.63) is 132 Å². The van der Waals surface area contributed by atoms with Crippen LogP contribution in [-0.4, -0.2) is 22.8 Å². The Morgan fingerprint density at radius 2 is 1.38 bits per heavy atom. The van der Waals surface area contributed by atoms with Gasteiger partial charge in [0.05, 0.1) is 17.3 Å². The molecule has 5 heteroatoms. The van der Waals surface area contributed by atoms with Crippen molar-refractivity contribution in [1.29, 1.82) is 0 Å². The summed E-state index contributed by atoms with van der Waals surface area (Å²) in [5.41, 5.74) is 4.66. The second kappa shape index (κ2) is 9.63. The molecular weight excluding hydrogens is 422 g/mol. The van der Waals surface area contributed by atoms with Gasteiger partial charge >= 0.3 is 0 Å². The van der Waals surface area contributed by atoms with E-state index in [4.69, 9.17) is 5.10 Å². The number of hydrogen-bond acceptors (Lipinski definition) is 4. The van der Waals surface area contributed by atoms with E-state index in [-0.39, 0.29) is 17.6 Å². The molecule has 0 aliphatic carbocycles. The zero-order valence-corrected chi connectivity index (χ0v) is 18.6. The number of phenolic OH excluding ortho intramolecular Hbond substituents is 1. The van der Waals surface area contributed by atoms with Crippen molar-refractivity contribution in [3.8, 4) is 5.75 Å². The summed E-state index contributed by atoms with van der Waals surface area (Å²) in [6.07, 6.45) is 0. The van der Waals surface area contributed by atoms with Crippen LogP contribution < -0.4 is 10.3 Å². The maximum absolute atomic E-state index is 13.8. The Kier molecular flexibility index (Phi) is 6.08. The highest BCUT2D eigenvalue weighted by atomic mass is 16.3. The van der Waals surface area contributed by atoms with E-state index < -0.39 is 6.04 Å². The van der Waals surface area contributed by atoms with Crippen molar-refractivity contribution in [2.45, 2.75) is 18.5 Å². The van der Waals surface area contributed by atoms with Gasteiger partial charge in [-0.1, -0.05) is 91.0 Å². The van der Waals surface area contributed by atoms with Gasteiger partial charge in [0.15, 0.2) is 0 Å². The van der Waals surface area contributed by atoms with Gasteiger partial charge in [-0.2, -0.15) is 5.10 Å². The van der Waals surface area contributed by atoms with Crippen LogP contribution in [0.15, 0.2) is 120 Å². The Morgan fingerprint density at radius 3 is 2.03 bits per heavy atom. The third-order valence-electron chi connectivity index (χ3n) is 6.01. The molecule has 0 aromatic heterocycles. The van der Waals surface area contributed by atoms with Crippen molar-refractivity contribution in [1.82, 2.24) is 5.32 Å². The lowest BCUT2D eigenvalue weighted by Gasteiger charge is -2.27. The number of hydrogen-bond donors (Lipinski definition) is 2. The molecule has 2 N–H and O–H groups in total. The van der Waals surface area contributed by atoms with Gasteiger partial charge in [0.25, 0.3) is 0 Å². The van der Waals surface area contributed by atoms with E-state index >= 15 is 0 Å². The molecule has 2 unspecified atom stereocenters. The molecule has 2 atom stereocenters. The van der Waals surface area contributed by atoms with Crippen LogP contribution in [0.1, 0.15) is 22.6 Å². The third kappa shape index (κ3) is 4.41. The second-order valence-corrected chi connectivity index (χ2v) is 8.25. The molecular formula is C29H25N3O2. The lowest BCUT2D eigenvalue weighted by Crippen LogP contribution is -2.46. The van der Waals surface area contributed by atoms with Crippen molar-refractivity contribution in [2.24, 2.45) is 5.10 Å². The van der Waals surface area contributed by atoms with Gasteiger partial charge in [0, 0.05) is 6.54 Å². The largest absolute Gasteiger partial charge is 0.508 e. The fraction of sp³-hybridized carbons (Fsp3) is 0.103. The lowest BCUT2D eigenvalue weighted by molar-refractivity contribution is -0.122. The summed E-state index contributed by atoms with van der Waals surface area (Å²) in [6, 6.07) is 36.2. The zero-order valence-electron chi connectivity index (χ0n) is 18.6. The van der Waals surface area contributed by atoms with Gasteiger partial charge < -0.3 is 10.4 Å². The highest BCUT2D eigenvalue weighted by molar-refractivity contribution is 6.11. The molecule has 1 aliphatic heterocycles. The quantitative estimate of drug-likeness (QED) is 0.433. The minimum Gasteiger partial charge on any atom is -0.508 e. The first-order valence-electron chi connectivity index (χ1n) is 11.3. The maximum atomic E-state index is 13.8. The molecule has 4 aromatic rings. The molecule has 34 heavy (non-hydrogen) atoms. The fourth-order valence-electron chi connectivity index (χ4n) is 4.35. The number of para-hydroxylation sites is 1. The standard InChI is InChI=1S/C29H25N3O2/c33-25-18-16-21(17-19-25)20-30-29(34)28-26(22-10-4-1-5-11-22)27(23-12-6-2-7-13-23)31-32(28)24-14-8-3-9-15-24/h1-19,26,28,33H,20H2,(H,30,34). The van der Waals surface area contributed by atoms with Gasteiger partial charge in [-0.05, 0) is 41.0 Å². The van der Waals surface area contributed by atoms with E-state index in [9.17, 15) is 9.90 Å². The van der Waals surface area contributed by atoms with Crippen LogP contribution in [0.4, 0.5) is 5.69 Å². The highest BCUT2D eigenvalue weighted by Gasteiger charge is 2.44. The summed E-state index contributed by atoms with van der Waals surface area (Å²) in [5.74, 6) is -0.157. The number of benzene rings is 4. The topological polar surface area (TPSA) is 64.9 Å². The third-order valence-corrected chi connectivity index (χ3v) is 6.01. The first-order valence-corrected chi connectivity index (χ1v) is 11.3. The first kappa shape index (κ1) is 21.5. The van der Waals surface area contributed by atoms with Crippen LogP contribution in [-0.2, 0) is 11.3 Å². The number of nitrogens with one attached hydrogen (secondary N) is 1. The number of rotatable bonds is 6. The molecule has 0 radical (unpaired) electrons. The lowest BCUT2D eigenvalue weighted by atomic mass is 9.84. The summed E-state index contributed by atoms with van der Waals surface area (Å²) in [7, 11) is 0. The van der Waals surface area contributed by atoms with E-state index in [2.05, 4.69) is 17.4 Å². The molecule has 1 amide bonds. The first-order chi connectivity index (χ1) is 16.7. The van der Waals surface area contributed by atoms with Crippen LogP contribution in [0, 0.1) is 0 Å². The average molecular weight is 448 g/mol. The predicted molar refractivity (Wildman–Crippen MR) is 135 cm³/mol. The molecule has 0 spiro atoms. The normalized spacial score (nSPS) is 17.3. The van der Waals surface area contributed by atoms with Crippen molar-refractivity contribution in [3.63, 3.8) is 0 Å². The Bertz CT molecular complexity index is 1270. The number of carbonyl (C=O) groups excluding carboxylic acids is 1. The van der Waals surface area contributed by atoms with Crippen molar-refractivity contribution in [2.75, 3.05) is 5.01 Å². The Morgan fingerprint density at radius 1 is 0.794 bits per heavy atom. The van der Waals surface area contributed by atoms with E-state index in [1.165, 1.54) is 0 Å². The van der Waals surface area contributed by atoms with Gasteiger partial charge in [-0.3, -0.25) is 9.80 Å². The zero-order chi connectivity index (χ0) is 23.3. The average Bonchev–Trinajstić information content (AvgIpc) is 3.31. The molecule has 5 nitrogen and oxygen atoms in total. The monoisotopic (exact) mass is 447 g/mol. The number of hydrazone groups is 1. The van der Waals surface area contributed by atoms with E-state index in [0.29, 0.717) is 6.54 Å². The Hall–Kier alpha value is -4.38. The SMILES string of the molecule is O=C(NCc1ccc(O)cc1)C1C(c2ccccc2)C(c2ccccc2)=NN1c1ccccc1. The summed E-state index contributed by atoms with van der Waals surface area (Å²) in [6.45, 7) is 0.362. The molecule has 0 saturated carbocycles.